The second-order valence-corrected chi connectivity index (χ2v) is 7.40. The predicted molar refractivity (Wildman–Crippen MR) is 111 cm³/mol. The molecule has 0 aliphatic carbocycles. The number of pyridine rings is 2. The molecule has 26 heavy (non-hydrogen) atoms. The van der Waals surface area contributed by atoms with E-state index in [2.05, 4.69) is 82.7 Å². The lowest BCUT2D eigenvalue weighted by Crippen LogP contribution is -2.02. The third-order valence-corrected chi connectivity index (χ3v) is 4.69. The first kappa shape index (κ1) is 22.1. The minimum absolute atomic E-state index is 0.457. The number of ether oxygens (including phenoxy) is 1. The normalized spacial score (nSPS) is 11.9. The predicted octanol–water partition coefficient (Wildman–Crippen LogP) is 6.49. The molecule has 144 valence electrons. The summed E-state index contributed by atoms with van der Waals surface area (Å²) in [5, 5.41) is 0. The first-order chi connectivity index (χ1) is 12.3. The highest BCUT2D eigenvalue weighted by molar-refractivity contribution is 5.31. The largest absolute Gasteiger partial charge is 0.481 e. The summed E-state index contributed by atoms with van der Waals surface area (Å²) in [6, 6.07) is 8.52. The van der Waals surface area contributed by atoms with Gasteiger partial charge in [-0.1, -0.05) is 60.6 Å². The highest BCUT2D eigenvalue weighted by atomic mass is 16.5. The Bertz CT molecular complexity index is 648. The van der Waals surface area contributed by atoms with Gasteiger partial charge in [-0.25, -0.2) is 4.98 Å². The fourth-order valence-electron chi connectivity index (χ4n) is 2.54. The van der Waals surface area contributed by atoms with Crippen molar-refractivity contribution in [1.29, 1.82) is 0 Å². The van der Waals surface area contributed by atoms with E-state index in [9.17, 15) is 0 Å². The van der Waals surface area contributed by atoms with Gasteiger partial charge in [-0.2, -0.15) is 0 Å². The minimum Gasteiger partial charge on any atom is -0.481 e. The first-order valence-corrected chi connectivity index (χ1v) is 9.83. The minimum atomic E-state index is 0.457. The van der Waals surface area contributed by atoms with Crippen LogP contribution in [0.3, 0.4) is 0 Å². The van der Waals surface area contributed by atoms with Crippen molar-refractivity contribution in [2.75, 3.05) is 7.11 Å². The molecule has 0 aliphatic heterocycles. The number of methoxy groups -OCH3 is 1. The Morgan fingerprint density at radius 1 is 0.885 bits per heavy atom. The first-order valence-electron chi connectivity index (χ1n) is 9.83. The van der Waals surface area contributed by atoms with E-state index >= 15 is 0 Å². The molecule has 1 atom stereocenters. The molecule has 0 spiro atoms. The topological polar surface area (TPSA) is 35.0 Å². The Morgan fingerprint density at radius 2 is 1.54 bits per heavy atom. The van der Waals surface area contributed by atoms with Crippen LogP contribution in [0.5, 0.6) is 5.88 Å². The van der Waals surface area contributed by atoms with E-state index < -0.39 is 0 Å². The Balaban J connectivity index is 0.000000273. The maximum atomic E-state index is 5.33. The molecular weight excluding hydrogens is 320 g/mol. The van der Waals surface area contributed by atoms with Gasteiger partial charge in [0, 0.05) is 23.1 Å². The lowest BCUT2D eigenvalue weighted by Gasteiger charge is -2.14. The summed E-state index contributed by atoms with van der Waals surface area (Å²) in [7, 11) is 1.69. The molecule has 0 saturated carbocycles. The molecule has 2 aromatic heterocycles. The Hall–Kier alpha value is -1.90. The Labute approximate surface area is 160 Å². The van der Waals surface area contributed by atoms with Crippen molar-refractivity contribution in [3.63, 3.8) is 0 Å². The Kier molecular flexibility index (Phi) is 9.32. The van der Waals surface area contributed by atoms with Gasteiger partial charge in [-0.05, 0) is 48.3 Å². The molecule has 0 bridgehead atoms. The summed E-state index contributed by atoms with van der Waals surface area (Å²) < 4.78 is 5.33. The summed E-state index contributed by atoms with van der Waals surface area (Å²) in [5.41, 5.74) is 4.81. The van der Waals surface area contributed by atoms with Crippen LogP contribution in [0.4, 0.5) is 0 Å². The van der Waals surface area contributed by atoms with Gasteiger partial charge in [0.05, 0.1) is 7.11 Å². The lowest BCUT2D eigenvalue weighted by molar-refractivity contribution is 0.387. The molecule has 2 heterocycles. The molecule has 3 nitrogen and oxygen atoms in total. The van der Waals surface area contributed by atoms with Crippen molar-refractivity contribution < 1.29 is 4.74 Å². The van der Waals surface area contributed by atoms with Crippen LogP contribution in [0.1, 0.15) is 95.2 Å². The summed E-state index contributed by atoms with van der Waals surface area (Å²) in [6.45, 7) is 15.1. The fraction of sp³-hybridized carbons (Fsp3) is 0.565. The maximum Gasteiger partial charge on any atom is 0.216 e. The molecule has 0 fully saturated rings. The zero-order valence-electron chi connectivity index (χ0n) is 17.8. The molecule has 0 N–H and O–H groups in total. The number of nitrogens with zero attached hydrogens (tertiary/aromatic N) is 2. The van der Waals surface area contributed by atoms with Gasteiger partial charge in [0.2, 0.25) is 5.88 Å². The summed E-state index contributed by atoms with van der Waals surface area (Å²) in [4.78, 5) is 8.91. The number of aryl methyl sites for hydroxylation is 1. The van der Waals surface area contributed by atoms with Crippen molar-refractivity contribution in [2.45, 2.75) is 79.1 Å². The van der Waals surface area contributed by atoms with Gasteiger partial charge in [0.15, 0.2) is 0 Å². The molecule has 1 unspecified atom stereocenters. The molecular formula is C23H36N2O. The van der Waals surface area contributed by atoms with Crippen molar-refractivity contribution >= 4 is 0 Å². The molecule has 0 aromatic carbocycles. The summed E-state index contributed by atoms with van der Waals surface area (Å²) in [6.07, 6.45) is 4.15. The van der Waals surface area contributed by atoms with Crippen molar-refractivity contribution in [3.05, 3.63) is 53.0 Å². The average molecular weight is 357 g/mol. The highest BCUT2D eigenvalue weighted by Gasteiger charge is 2.12. The van der Waals surface area contributed by atoms with Crippen LogP contribution in [-0.4, -0.2) is 17.1 Å². The van der Waals surface area contributed by atoms with Gasteiger partial charge < -0.3 is 4.74 Å². The molecule has 0 saturated heterocycles. The zero-order valence-corrected chi connectivity index (χ0v) is 17.8. The molecule has 0 aliphatic rings. The van der Waals surface area contributed by atoms with Crippen LogP contribution in [0, 0.1) is 0 Å². The number of hydrogen-bond acceptors (Lipinski definition) is 3. The average Bonchev–Trinajstić information content (AvgIpc) is 2.67. The van der Waals surface area contributed by atoms with E-state index in [-0.39, 0.29) is 0 Å². The third kappa shape index (κ3) is 6.44. The number of hydrogen-bond donors (Lipinski definition) is 0. The van der Waals surface area contributed by atoms with Crippen LogP contribution in [0.2, 0.25) is 0 Å². The van der Waals surface area contributed by atoms with Gasteiger partial charge in [0.25, 0.3) is 0 Å². The molecule has 2 aromatic rings. The van der Waals surface area contributed by atoms with Gasteiger partial charge in [-0.15, -0.1) is 0 Å². The number of aromatic nitrogens is 2. The van der Waals surface area contributed by atoms with Gasteiger partial charge in [-0.3, -0.25) is 4.98 Å². The number of rotatable bonds is 6. The smallest absolute Gasteiger partial charge is 0.216 e. The van der Waals surface area contributed by atoms with Gasteiger partial charge >= 0.3 is 0 Å². The highest BCUT2D eigenvalue weighted by Crippen LogP contribution is 2.27. The molecule has 0 radical (unpaired) electrons. The zero-order chi connectivity index (χ0) is 19.7. The van der Waals surface area contributed by atoms with E-state index in [1.54, 1.807) is 7.11 Å². The van der Waals surface area contributed by atoms with Crippen LogP contribution >= 0.6 is 0 Å². The maximum absolute atomic E-state index is 5.33. The molecule has 0 amide bonds. The van der Waals surface area contributed by atoms with E-state index in [0.717, 1.165) is 24.4 Å². The van der Waals surface area contributed by atoms with Crippen molar-refractivity contribution in [1.82, 2.24) is 9.97 Å². The quantitative estimate of drug-likeness (QED) is 0.593. The van der Waals surface area contributed by atoms with E-state index in [4.69, 9.17) is 4.74 Å². The van der Waals surface area contributed by atoms with Crippen molar-refractivity contribution in [3.8, 4) is 5.88 Å². The van der Waals surface area contributed by atoms with Crippen LogP contribution in [-0.2, 0) is 6.42 Å². The second kappa shape index (κ2) is 10.9. The monoisotopic (exact) mass is 356 g/mol. The molecule has 3 heteroatoms. The Morgan fingerprint density at radius 3 is 1.96 bits per heavy atom. The van der Waals surface area contributed by atoms with Crippen LogP contribution < -0.4 is 4.74 Å². The van der Waals surface area contributed by atoms with E-state index in [0.29, 0.717) is 17.8 Å². The standard InChI is InChI=1S/C13H21NO.C10H15N/c1-6-10(4)12-8-7-11(9(2)3)13(14-12)15-5;1-4-9-5-6-10(8(2)3)11-7-9/h7-10H,6H2,1-5H3;5-8H,4H2,1-3H3. The lowest BCUT2D eigenvalue weighted by atomic mass is 10.0. The third-order valence-electron chi connectivity index (χ3n) is 4.69. The van der Waals surface area contributed by atoms with Gasteiger partial charge in [0.1, 0.15) is 0 Å². The van der Waals surface area contributed by atoms with E-state index in [1.165, 1.54) is 16.8 Å². The van der Waals surface area contributed by atoms with Crippen LogP contribution in [0.15, 0.2) is 30.5 Å². The molecule has 2 rings (SSSR count). The van der Waals surface area contributed by atoms with E-state index in [1.807, 2.05) is 6.20 Å². The fourth-order valence-corrected chi connectivity index (χ4v) is 2.54. The van der Waals surface area contributed by atoms with Crippen LogP contribution in [0.25, 0.3) is 0 Å². The van der Waals surface area contributed by atoms with Crippen molar-refractivity contribution in [2.24, 2.45) is 0 Å². The summed E-state index contributed by atoms with van der Waals surface area (Å²) >= 11 is 0. The SMILES string of the molecule is CCC(C)c1ccc(C(C)C)c(OC)n1.CCc1ccc(C(C)C)nc1. The second-order valence-electron chi connectivity index (χ2n) is 7.40. The summed E-state index contributed by atoms with van der Waals surface area (Å²) in [5.74, 6) is 2.28.